The number of carbonyl (C=O) groups excluding carboxylic acids is 1. The van der Waals surface area contributed by atoms with Gasteiger partial charge in [-0.3, -0.25) is 4.72 Å². The van der Waals surface area contributed by atoms with Gasteiger partial charge in [-0.25, -0.2) is 21.6 Å². The molecule has 2 aromatic rings. The fourth-order valence-electron chi connectivity index (χ4n) is 4.53. The number of phenols is 1. The first-order valence-electron chi connectivity index (χ1n) is 13.8. The largest absolute Gasteiger partial charge is 0.506 e. The number of hydrogen-bond donors (Lipinski definition) is 6. The Morgan fingerprint density at radius 3 is 2.34 bits per heavy atom. The van der Waals surface area contributed by atoms with Crippen LogP contribution >= 0.6 is 0 Å². The predicted octanol–water partition coefficient (Wildman–Crippen LogP) is 2.94. The van der Waals surface area contributed by atoms with E-state index in [1.807, 2.05) is 0 Å². The molecule has 6 N–H and O–H groups in total. The molecule has 0 bridgehead atoms. The molecule has 1 saturated heterocycles. The maximum Gasteiger partial charge on any atom is 0.319 e. The molecule has 0 saturated carbocycles. The number of piperidine rings is 1. The topological polar surface area (TPSA) is 177 Å². The number of sulfonamides is 2. The van der Waals surface area contributed by atoms with Crippen molar-refractivity contribution in [3.8, 4) is 5.75 Å². The van der Waals surface area contributed by atoms with E-state index in [4.69, 9.17) is 0 Å². The smallest absolute Gasteiger partial charge is 0.319 e. The van der Waals surface area contributed by atoms with Crippen molar-refractivity contribution in [1.29, 1.82) is 0 Å². The molecule has 228 valence electrons. The molecule has 1 aliphatic rings. The number of unbranched alkanes of at least 4 members (excludes halogenated alkanes) is 3. The number of nitrogens with one attached hydrogen (secondary N) is 4. The number of hydrogen-bond acceptors (Lipinski definition) is 8. The highest BCUT2D eigenvalue weighted by Gasteiger charge is 2.29. The summed E-state index contributed by atoms with van der Waals surface area (Å²) in [6, 6.07) is 9.95. The van der Waals surface area contributed by atoms with E-state index in [-0.39, 0.29) is 35.0 Å². The molecule has 3 rings (SSSR count). The maximum atomic E-state index is 13.2. The van der Waals surface area contributed by atoms with Gasteiger partial charge in [0.1, 0.15) is 5.75 Å². The van der Waals surface area contributed by atoms with Gasteiger partial charge < -0.3 is 26.2 Å². The highest BCUT2D eigenvalue weighted by molar-refractivity contribution is 7.92. The van der Waals surface area contributed by atoms with Gasteiger partial charge in [0.05, 0.1) is 22.9 Å². The third kappa shape index (κ3) is 10.1. The highest BCUT2D eigenvalue weighted by atomic mass is 32.2. The summed E-state index contributed by atoms with van der Waals surface area (Å²) in [7, 11) is -7.31. The summed E-state index contributed by atoms with van der Waals surface area (Å²) in [6.07, 6.45) is 5.32. The zero-order valence-corrected chi connectivity index (χ0v) is 25.1. The van der Waals surface area contributed by atoms with Crippen LogP contribution in [0.15, 0.2) is 47.4 Å². The molecule has 14 heteroatoms. The first kappa shape index (κ1) is 32.6. The molecule has 0 unspecified atom stereocenters. The van der Waals surface area contributed by atoms with E-state index >= 15 is 0 Å². The summed E-state index contributed by atoms with van der Waals surface area (Å²) in [4.78, 5) is 12.2. The van der Waals surface area contributed by atoms with E-state index in [0.29, 0.717) is 43.7 Å². The Kier molecular flexibility index (Phi) is 11.8. The normalized spacial score (nSPS) is 15.8. The van der Waals surface area contributed by atoms with E-state index in [2.05, 4.69) is 27.6 Å². The average molecular weight is 612 g/mol. The van der Waals surface area contributed by atoms with Crippen molar-refractivity contribution in [3.63, 3.8) is 0 Å². The van der Waals surface area contributed by atoms with Gasteiger partial charge in [0.15, 0.2) is 0 Å². The first-order valence-corrected chi connectivity index (χ1v) is 17.1. The van der Waals surface area contributed by atoms with Crippen molar-refractivity contribution in [2.75, 3.05) is 42.5 Å². The van der Waals surface area contributed by atoms with E-state index in [0.717, 1.165) is 31.9 Å². The number of aliphatic hydroxyl groups excluding tert-OH is 1. The fourth-order valence-corrected chi connectivity index (χ4v) is 6.56. The second-order valence-corrected chi connectivity index (χ2v) is 13.9. The third-order valence-electron chi connectivity index (χ3n) is 6.82. The lowest BCUT2D eigenvalue weighted by atomic mass is 10.0. The van der Waals surface area contributed by atoms with Gasteiger partial charge in [-0.05, 0) is 61.2 Å². The summed E-state index contributed by atoms with van der Waals surface area (Å²) in [5, 5.41) is 29.2. The van der Waals surface area contributed by atoms with E-state index in [1.165, 1.54) is 34.6 Å². The Balaban J connectivity index is 1.47. The summed E-state index contributed by atoms with van der Waals surface area (Å²) < 4.78 is 53.0. The molecular formula is C27H41N5O7S2. The molecule has 1 aliphatic heterocycles. The van der Waals surface area contributed by atoms with Crippen LogP contribution in [0, 0.1) is 0 Å². The van der Waals surface area contributed by atoms with Gasteiger partial charge in [0, 0.05) is 37.9 Å². The molecule has 0 aromatic heterocycles. The quantitative estimate of drug-likeness (QED) is 0.139. The number of phenolic OH excluding ortho intramolecular Hbond substituents is 1. The minimum absolute atomic E-state index is 0.0195. The van der Waals surface area contributed by atoms with E-state index in [9.17, 15) is 31.8 Å². The summed E-state index contributed by atoms with van der Waals surface area (Å²) in [5.74, 6) is -0.252. The first-order chi connectivity index (χ1) is 19.4. The van der Waals surface area contributed by atoms with Gasteiger partial charge in [0.2, 0.25) is 20.0 Å². The molecule has 0 aliphatic carbocycles. The number of anilines is 2. The van der Waals surface area contributed by atoms with Crippen LogP contribution in [0.3, 0.4) is 0 Å². The van der Waals surface area contributed by atoms with Gasteiger partial charge in [0.25, 0.3) is 0 Å². The van der Waals surface area contributed by atoms with Crippen molar-refractivity contribution in [2.45, 2.75) is 62.5 Å². The lowest BCUT2D eigenvalue weighted by molar-refractivity contribution is 0.162. The van der Waals surface area contributed by atoms with Crippen LogP contribution < -0.4 is 20.7 Å². The van der Waals surface area contributed by atoms with E-state index < -0.39 is 26.2 Å². The molecule has 12 nitrogen and oxygen atoms in total. The lowest BCUT2D eigenvalue weighted by Gasteiger charge is -2.32. The Morgan fingerprint density at radius 2 is 1.71 bits per heavy atom. The molecular weight excluding hydrogens is 570 g/mol. The monoisotopic (exact) mass is 611 g/mol. The number of benzene rings is 2. The Hall–Kier alpha value is -2.91. The number of rotatable bonds is 14. The SMILES string of the molecule is CCCCCCNC(=O)Nc1ccc(S(=O)(=O)N2CCC(NC[C@H](O)c3ccc(O)c(NS(C)(=O)=O)c3)CC2)cc1. The molecule has 0 radical (unpaired) electrons. The maximum absolute atomic E-state index is 13.2. The summed E-state index contributed by atoms with van der Waals surface area (Å²) in [6.45, 7) is 3.49. The number of urea groups is 1. The zero-order chi connectivity index (χ0) is 30.0. The average Bonchev–Trinajstić information content (AvgIpc) is 2.92. The van der Waals surface area contributed by atoms with Gasteiger partial charge in [-0.2, -0.15) is 4.31 Å². The fraction of sp³-hybridized carbons (Fsp3) is 0.519. The van der Waals surface area contributed by atoms with Crippen LogP contribution in [0.25, 0.3) is 0 Å². The zero-order valence-electron chi connectivity index (χ0n) is 23.5. The number of nitrogens with zero attached hydrogens (tertiary/aromatic N) is 1. The van der Waals surface area contributed by atoms with E-state index in [1.54, 1.807) is 12.1 Å². The van der Waals surface area contributed by atoms with Crippen LogP contribution in [-0.4, -0.2) is 75.9 Å². The predicted molar refractivity (Wildman–Crippen MR) is 159 cm³/mol. The number of amides is 2. The Labute approximate surface area is 242 Å². The van der Waals surface area contributed by atoms with Crippen LogP contribution in [0.1, 0.15) is 57.1 Å². The standard InChI is InChI=1S/C27H41N5O7S2/c1-3-4-5-6-15-28-27(35)30-22-8-10-23(11-9-22)41(38,39)32-16-13-21(14-17-32)29-19-26(34)20-7-12-25(33)24(18-20)31-40(2,36)37/h7-12,18,21,26,29,31,33-34H,3-6,13-17,19H2,1-2H3,(H2,28,30,35)/t26-/m0/s1. The minimum Gasteiger partial charge on any atom is -0.506 e. The highest BCUT2D eigenvalue weighted by Crippen LogP contribution is 2.28. The molecule has 0 spiro atoms. The summed E-state index contributed by atoms with van der Waals surface area (Å²) in [5.41, 5.74) is 0.903. The van der Waals surface area contributed by atoms with Gasteiger partial charge in [-0.15, -0.1) is 0 Å². The molecule has 1 atom stereocenters. The van der Waals surface area contributed by atoms with Gasteiger partial charge in [-0.1, -0.05) is 32.3 Å². The van der Waals surface area contributed by atoms with Crippen LogP contribution in [0.2, 0.25) is 0 Å². The molecule has 2 aromatic carbocycles. The van der Waals surface area contributed by atoms with Crippen molar-refractivity contribution in [3.05, 3.63) is 48.0 Å². The van der Waals surface area contributed by atoms with Crippen LogP contribution in [0.5, 0.6) is 5.75 Å². The molecule has 41 heavy (non-hydrogen) atoms. The summed E-state index contributed by atoms with van der Waals surface area (Å²) >= 11 is 0. The minimum atomic E-state index is -3.70. The molecule has 2 amide bonds. The number of carbonyl (C=O) groups is 1. The van der Waals surface area contributed by atoms with Crippen molar-refractivity contribution in [1.82, 2.24) is 14.9 Å². The molecule has 1 heterocycles. The van der Waals surface area contributed by atoms with Crippen LogP contribution in [-0.2, 0) is 20.0 Å². The van der Waals surface area contributed by atoms with Crippen LogP contribution in [0.4, 0.5) is 16.2 Å². The van der Waals surface area contributed by atoms with Crippen molar-refractivity contribution < 1.29 is 31.8 Å². The molecule has 1 fully saturated rings. The third-order valence-corrected chi connectivity index (χ3v) is 9.32. The Bertz CT molecular complexity index is 1360. The number of aliphatic hydroxyl groups is 1. The van der Waals surface area contributed by atoms with Crippen molar-refractivity contribution >= 4 is 37.5 Å². The number of aromatic hydroxyl groups is 1. The lowest BCUT2D eigenvalue weighted by Crippen LogP contribution is -2.45. The second kappa shape index (κ2) is 14.8. The van der Waals surface area contributed by atoms with Gasteiger partial charge >= 0.3 is 6.03 Å². The second-order valence-electron chi connectivity index (χ2n) is 10.2. The van der Waals surface area contributed by atoms with Crippen molar-refractivity contribution in [2.24, 2.45) is 0 Å². The Morgan fingerprint density at radius 1 is 1.02 bits per heavy atom.